The fourth-order valence-electron chi connectivity index (χ4n) is 3.45. The zero-order chi connectivity index (χ0) is 20.1. The Balaban J connectivity index is 1.90. The van der Waals surface area contributed by atoms with Crippen molar-refractivity contribution in [2.75, 3.05) is 27.6 Å². The summed E-state index contributed by atoms with van der Waals surface area (Å²) in [7, 11) is 3.09. The number of hydrogen-bond acceptors (Lipinski definition) is 7. The molecule has 1 aromatic rings. The number of hydrogen-bond donors (Lipinski definition) is 2. The minimum atomic E-state index is -0.728. The number of fused-ring (bicyclic) bond motifs is 1. The predicted molar refractivity (Wildman–Crippen MR) is 101 cm³/mol. The number of piperidine rings is 1. The molecular weight excluding hydrogens is 366 g/mol. The van der Waals surface area contributed by atoms with E-state index < -0.39 is 11.8 Å². The summed E-state index contributed by atoms with van der Waals surface area (Å²) in [5, 5.41) is 6.76. The van der Waals surface area contributed by atoms with Crippen LogP contribution in [-0.2, 0) is 16.0 Å². The first-order valence-electron chi connectivity index (χ1n) is 9.29. The highest BCUT2D eigenvalue weighted by atomic mass is 16.7. The summed E-state index contributed by atoms with van der Waals surface area (Å²) in [5.74, 6) is 0.542. The first-order valence-corrected chi connectivity index (χ1v) is 9.29. The monoisotopic (exact) mass is 391 g/mol. The molecule has 9 nitrogen and oxygen atoms in total. The molecule has 2 aliphatic rings. The Hall–Kier alpha value is -2.97. The van der Waals surface area contributed by atoms with Crippen LogP contribution in [0.15, 0.2) is 5.10 Å². The van der Waals surface area contributed by atoms with Crippen molar-refractivity contribution >= 4 is 18.0 Å². The Kier molecular flexibility index (Phi) is 6.23. The molecule has 0 aliphatic carbocycles. The molecule has 0 bridgehead atoms. The maximum atomic E-state index is 12.3. The SMILES string of the molecule is CCCc1c(C=NNC(=O)C2CCCNC2=O)c(OC)c2c(c1OC)OCO2. The standard InChI is InChI=1S/C19H25N3O6/c1-4-6-11-13(9-21-22-19(24)12-7-5-8-20-18(12)23)15(26-3)17-16(14(11)25-2)27-10-28-17/h9,12H,4-8,10H2,1-3H3,(H,20,23)(H,22,24). The number of methoxy groups -OCH3 is 2. The number of hydrazone groups is 1. The Morgan fingerprint density at radius 2 is 2.00 bits per heavy atom. The number of rotatable bonds is 7. The van der Waals surface area contributed by atoms with Gasteiger partial charge in [0.05, 0.1) is 20.4 Å². The van der Waals surface area contributed by atoms with Gasteiger partial charge in [-0.05, 0) is 19.3 Å². The molecule has 1 unspecified atom stereocenters. The highest BCUT2D eigenvalue weighted by Crippen LogP contribution is 2.51. The van der Waals surface area contributed by atoms with Gasteiger partial charge in [-0.15, -0.1) is 0 Å². The lowest BCUT2D eigenvalue weighted by atomic mass is 9.98. The number of nitrogens with one attached hydrogen (secondary N) is 2. The molecule has 2 heterocycles. The van der Waals surface area contributed by atoms with Gasteiger partial charge in [0.2, 0.25) is 24.2 Å². The molecule has 28 heavy (non-hydrogen) atoms. The van der Waals surface area contributed by atoms with Crippen molar-refractivity contribution in [3.05, 3.63) is 11.1 Å². The number of carbonyl (C=O) groups is 2. The molecule has 0 saturated carbocycles. The van der Waals surface area contributed by atoms with E-state index in [0.717, 1.165) is 18.4 Å². The van der Waals surface area contributed by atoms with Gasteiger partial charge >= 0.3 is 0 Å². The van der Waals surface area contributed by atoms with Gasteiger partial charge in [-0.2, -0.15) is 5.10 Å². The zero-order valence-corrected chi connectivity index (χ0v) is 16.3. The Bertz CT molecular complexity index is 793. The minimum absolute atomic E-state index is 0.0712. The molecule has 1 saturated heterocycles. The number of amides is 2. The van der Waals surface area contributed by atoms with Crippen molar-refractivity contribution in [1.82, 2.24) is 10.7 Å². The van der Waals surface area contributed by atoms with Gasteiger partial charge in [-0.25, -0.2) is 5.43 Å². The van der Waals surface area contributed by atoms with Crippen molar-refractivity contribution in [2.45, 2.75) is 32.6 Å². The molecule has 1 fully saturated rings. The molecule has 1 aromatic carbocycles. The third kappa shape index (κ3) is 3.69. The van der Waals surface area contributed by atoms with E-state index >= 15 is 0 Å². The normalized spacial score (nSPS) is 18.1. The van der Waals surface area contributed by atoms with Crippen molar-refractivity contribution in [2.24, 2.45) is 11.0 Å². The van der Waals surface area contributed by atoms with Gasteiger partial charge in [0, 0.05) is 17.7 Å². The molecule has 0 aromatic heterocycles. The molecule has 9 heteroatoms. The summed E-state index contributed by atoms with van der Waals surface area (Å²) in [6.45, 7) is 2.71. The summed E-state index contributed by atoms with van der Waals surface area (Å²) in [6, 6.07) is 0. The maximum absolute atomic E-state index is 12.3. The van der Waals surface area contributed by atoms with E-state index in [0.29, 0.717) is 47.9 Å². The molecule has 152 valence electrons. The Labute approximate surface area is 163 Å². The average molecular weight is 391 g/mol. The summed E-state index contributed by atoms with van der Waals surface area (Å²) >= 11 is 0. The molecule has 3 rings (SSSR count). The molecular formula is C19H25N3O6. The van der Waals surface area contributed by atoms with Gasteiger partial charge in [0.25, 0.3) is 5.91 Å². The predicted octanol–water partition coefficient (Wildman–Crippen LogP) is 1.36. The zero-order valence-electron chi connectivity index (χ0n) is 16.3. The van der Waals surface area contributed by atoms with Crippen LogP contribution in [0.25, 0.3) is 0 Å². The smallest absolute Gasteiger partial charge is 0.252 e. The summed E-state index contributed by atoms with van der Waals surface area (Å²) in [5.41, 5.74) is 3.94. The van der Waals surface area contributed by atoms with Crippen LogP contribution >= 0.6 is 0 Å². The molecule has 0 radical (unpaired) electrons. The first-order chi connectivity index (χ1) is 13.6. The average Bonchev–Trinajstić information content (AvgIpc) is 3.17. The highest BCUT2D eigenvalue weighted by Gasteiger charge is 2.31. The third-order valence-corrected chi connectivity index (χ3v) is 4.75. The largest absolute Gasteiger partial charge is 0.492 e. The lowest BCUT2D eigenvalue weighted by molar-refractivity contribution is -0.136. The van der Waals surface area contributed by atoms with Crippen molar-refractivity contribution in [1.29, 1.82) is 0 Å². The number of nitrogens with zero attached hydrogens (tertiary/aromatic N) is 1. The van der Waals surface area contributed by atoms with E-state index in [1.54, 1.807) is 7.11 Å². The van der Waals surface area contributed by atoms with Gasteiger partial charge in [-0.1, -0.05) is 13.3 Å². The molecule has 2 aliphatic heterocycles. The fraction of sp³-hybridized carbons (Fsp3) is 0.526. The van der Waals surface area contributed by atoms with Crippen LogP contribution in [0.5, 0.6) is 23.0 Å². The van der Waals surface area contributed by atoms with Gasteiger partial charge < -0.3 is 24.3 Å². The second kappa shape index (κ2) is 8.81. The molecule has 1 atom stereocenters. The topological polar surface area (TPSA) is 107 Å². The van der Waals surface area contributed by atoms with E-state index in [1.165, 1.54) is 13.3 Å². The molecule has 0 spiro atoms. The molecule has 2 N–H and O–H groups in total. The molecule has 2 amide bonds. The summed E-state index contributed by atoms with van der Waals surface area (Å²) < 4.78 is 22.2. The van der Waals surface area contributed by atoms with E-state index in [4.69, 9.17) is 18.9 Å². The summed E-state index contributed by atoms with van der Waals surface area (Å²) in [4.78, 5) is 24.1. The van der Waals surface area contributed by atoms with Crippen LogP contribution in [0.1, 0.15) is 37.3 Å². The second-order valence-electron chi connectivity index (χ2n) is 6.49. The Morgan fingerprint density at radius 3 is 2.64 bits per heavy atom. The van der Waals surface area contributed by atoms with Crippen LogP contribution in [0, 0.1) is 5.92 Å². The third-order valence-electron chi connectivity index (χ3n) is 4.75. The second-order valence-corrected chi connectivity index (χ2v) is 6.49. The summed E-state index contributed by atoms with van der Waals surface area (Å²) in [6.07, 6.45) is 4.31. The maximum Gasteiger partial charge on any atom is 0.252 e. The lowest BCUT2D eigenvalue weighted by Crippen LogP contribution is -2.43. The van der Waals surface area contributed by atoms with E-state index in [2.05, 4.69) is 15.8 Å². The number of carbonyl (C=O) groups excluding carboxylic acids is 2. The van der Waals surface area contributed by atoms with Gasteiger partial charge in [-0.3, -0.25) is 9.59 Å². The Morgan fingerprint density at radius 1 is 1.29 bits per heavy atom. The lowest BCUT2D eigenvalue weighted by Gasteiger charge is -2.20. The quantitative estimate of drug-likeness (QED) is 0.413. The number of benzene rings is 1. The van der Waals surface area contributed by atoms with E-state index in [9.17, 15) is 9.59 Å². The van der Waals surface area contributed by atoms with Crippen LogP contribution in [0.4, 0.5) is 0 Å². The van der Waals surface area contributed by atoms with E-state index in [1.807, 2.05) is 6.92 Å². The van der Waals surface area contributed by atoms with Crippen LogP contribution in [0.2, 0.25) is 0 Å². The van der Waals surface area contributed by atoms with Crippen molar-refractivity contribution < 1.29 is 28.5 Å². The fourth-order valence-corrected chi connectivity index (χ4v) is 3.45. The van der Waals surface area contributed by atoms with Gasteiger partial charge in [0.1, 0.15) is 5.92 Å². The van der Waals surface area contributed by atoms with Crippen LogP contribution in [-0.4, -0.2) is 45.6 Å². The van der Waals surface area contributed by atoms with Crippen molar-refractivity contribution in [3.8, 4) is 23.0 Å². The highest BCUT2D eigenvalue weighted by molar-refractivity contribution is 6.01. The van der Waals surface area contributed by atoms with Crippen molar-refractivity contribution in [3.63, 3.8) is 0 Å². The van der Waals surface area contributed by atoms with Crippen LogP contribution in [0.3, 0.4) is 0 Å². The first kappa shape index (κ1) is 19.8. The van der Waals surface area contributed by atoms with Gasteiger partial charge in [0.15, 0.2) is 11.5 Å². The van der Waals surface area contributed by atoms with E-state index in [-0.39, 0.29) is 12.7 Å². The minimum Gasteiger partial charge on any atom is -0.492 e. The van der Waals surface area contributed by atoms with Crippen LogP contribution < -0.4 is 29.7 Å². The number of ether oxygens (including phenoxy) is 4.